The molecule has 1 aliphatic carbocycles. The van der Waals surface area contributed by atoms with E-state index in [0.717, 1.165) is 17.8 Å². The van der Waals surface area contributed by atoms with Gasteiger partial charge in [-0.1, -0.05) is 35.2 Å². The summed E-state index contributed by atoms with van der Waals surface area (Å²) in [5.74, 6) is 4.01. The van der Waals surface area contributed by atoms with Crippen molar-refractivity contribution in [2.24, 2.45) is 5.41 Å². The number of aliphatic carboxylic acids is 1. The zero-order valence-corrected chi connectivity index (χ0v) is 19.9. The molecule has 1 aliphatic heterocycles. The van der Waals surface area contributed by atoms with Gasteiger partial charge in [0.2, 0.25) is 0 Å². The summed E-state index contributed by atoms with van der Waals surface area (Å²) in [4.78, 5) is 27.2. The Morgan fingerprint density at radius 1 is 1.22 bits per heavy atom. The first-order chi connectivity index (χ1) is 15.0. The summed E-state index contributed by atoms with van der Waals surface area (Å²) in [5.41, 5.74) is 0.268. The van der Waals surface area contributed by atoms with Gasteiger partial charge in [-0.3, -0.25) is 4.79 Å². The highest BCUT2D eigenvalue weighted by Gasteiger charge is 2.39. The van der Waals surface area contributed by atoms with Crippen LogP contribution in [0.15, 0.2) is 28.8 Å². The second kappa shape index (κ2) is 9.86. The molecule has 1 aromatic carbocycles. The topological polar surface area (TPSA) is 77.8 Å². The molecule has 3 rings (SSSR count). The Kier molecular flexibility index (Phi) is 7.59. The van der Waals surface area contributed by atoms with Crippen LogP contribution in [0.3, 0.4) is 0 Å². The molecule has 1 fully saturated rings. The largest absolute Gasteiger partial charge is 0.477 e. The summed E-state index contributed by atoms with van der Waals surface area (Å²) in [6.07, 6.45) is 1.95. The van der Waals surface area contributed by atoms with Crippen molar-refractivity contribution in [1.29, 1.82) is 0 Å². The molecule has 0 spiro atoms. The van der Waals surface area contributed by atoms with Crippen LogP contribution in [0, 0.1) is 23.1 Å². The maximum atomic E-state index is 14.1. The van der Waals surface area contributed by atoms with Gasteiger partial charge in [-0.15, -0.1) is 0 Å². The number of amides is 1. The Labute approximate surface area is 197 Å². The van der Waals surface area contributed by atoms with Crippen molar-refractivity contribution in [2.45, 2.75) is 70.3 Å². The average Bonchev–Trinajstić information content (AvgIpc) is 3.14. The van der Waals surface area contributed by atoms with Crippen LogP contribution in [0.5, 0.6) is 0 Å². The number of hydrogen-bond donors (Lipinski definition) is 2. The lowest BCUT2D eigenvalue weighted by Crippen LogP contribution is -2.43. The van der Waals surface area contributed by atoms with E-state index in [0.29, 0.717) is 37.8 Å². The third-order valence-corrected chi connectivity index (χ3v) is 6.93. The van der Waals surface area contributed by atoms with Gasteiger partial charge in [-0.05, 0) is 64.7 Å². The van der Waals surface area contributed by atoms with Crippen molar-refractivity contribution >= 4 is 35.2 Å². The second-order valence-corrected chi connectivity index (χ2v) is 10.8. The Balaban J connectivity index is 2.01. The number of hydrogen-bond acceptors (Lipinski definition) is 4. The van der Waals surface area contributed by atoms with E-state index in [4.69, 9.17) is 11.6 Å². The number of carboxylic acids is 1. The van der Waals surface area contributed by atoms with Crippen LogP contribution in [0.1, 0.15) is 63.2 Å². The van der Waals surface area contributed by atoms with E-state index in [9.17, 15) is 24.2 Å². The van der Waals surface area contributed by atoms with E-state index < -0.39 is 23.8 Å². The fraction of sp³-hybridized carbons (Fsp3) is 0.500. The molecule has 1 saturated carbocycles. The van der Waals surface area contributed by atoms with Crippen LogP contribution in [0.2, 0.25) is 5.02 Å². The molecule has 1 aromatic rings. The Hall–Kier alpha value is -2.01. The Morgan fingerprint density at radius 3 is 2.44 bits per heavy atom. The normalized spacial score (nSPS) is 23.5. The van der Waals surface area contributed by atoms with Gasteiger partial charge < -0.3 is 15.1 Å². The van der Waals surface area contributed by atoms with E-state index in [1.165, 1.54) is 17.0 Å². The molecule has 0 aromatic heterocycles. The quantitative estimate of drug-likeness (QED) is 0.589. The predicted molar refractivity (Wildman–Crippen MR) is 124 cm³/mol. The average molecular weight is 480 g/mol. The Morgan fingerprint density at radius 2 is 1.88 bits per heavy atom. The molecule has 5 nitrogen and oxygen atoms in total. The zero-order chi connectivity index (χ0) is 23.6. The van der Waals surface area contributed by atoms with Crippen LogP contribution in [0.25, 0.3) is 0 Å². The monoisotopic (exact) mass is 479 g/mol. The summed E-state index contributed by atoms with van der Waals surface area (Å²) < 4.78 is 14.1. The summed E-state index contributed by atoms with van der Waals surface area (Å²) >= 11 is 6.93. The van der Waals surface area contributed by atoms with E-state index in [1.54, 1.807) is 0 Å². The van der Waals surface area contributed by atoms with Crippen LogP contribution >= 0.6 is 23.4 Å². The van der Waals surface area contributed by atoms with Gasteiger partial charge >= 0.3 is 5.97 Å². The molecule has 0 radical (unpaired) electrons. The molecular weight excluding hydrogens is 453 g/mol. The minimum Gasteiger partial charge on any atom is -0.477 e. The first-order valence-corrected chi connectivity index (χ1v) is 11.8. The van der Waals surface area contributed by atoms with Crippen LogP contribution in [-0.4, -0.2) is 44.4 Å². The van der Waals surface area contributed by atoms with E-state index in [-0.39, 0.29) is 32.2 Å². The van der Waals surface area contributed by atoms with Gasteiger partial charge in [0.05, 0.1) is 16.4 Å². The van der Waals surface area contributed by atoms with E-state index in [2.05, 4.69) is 11.8 Å². The highest BCUT2D eigenvalue weighted by atomic mass is 35.5. The molecule has 1 unspecified atom stereocenters. The first kappa shape index (κ1) is 24.6. The smallest absolute Gasteiger partial charge is 0.344 e. The summed E-state index contributed by atoms with van der Waals surface area (Å²) in [5, 5.41) is 19.4. The highest BCUT2D eigenvalue weighted by molar-refractivity contribution is 8.05. The highest BCUT2D eigenvalue weighted by Crippen LogP contribution is 2.42. The fourth-order valence-electron chi connectivity index (χ4n) is 3.87. The third-order valence-electron chi connectivity index (χ3n) is 5.41. The maximum Gasteiger partial charge on any atom is 0.344 e. The lowest BCUT2D eigenvalue weighted by Gasteiger charge is -2.37. The number of halogens is 2. The van der Waals surface area contributed by atoms with Crippen molar-refractivity contribution < 1.29 is 24.2 Å². The molecule has 0 saturated heterocycles. The van der Waals surface area contributed by atoms with Gasteiger partial charge in [-0.2, -0.15) is 0 Å². The van der Waals surface area contributed by atoms with Gasteiger partial charge in [0.25, 0.3) is 5.91 Å². The number of benzene rings is 1. The predicted octanol–water partition coefficient (Wildman–Crippen LogP) is 5.08. The molecule has 32 heavy (non-hydrogen) atoms. The summed E-state index contributed by atoms with van der Waals surface area (Å²) in [7, 11) is 0. The molecule has 0 bridgehead atoms. The number of carboxylic acid groups (broad SMARTS) is 1. The van der Waals surface area contributed by atoms with Crippen molar-refractivity contribution in [3.63, 3.8) is 0 Å². The molecule has 2 N–H and O–H groups in total. The van der Waals surface area contributed by atoms with Crippen molar-refractivity contribution in [1.82, 2.24) is 4.90 Å². The third kappa shape index (κ3) is 5.86. The number of aliphatic hydroxyl groups is 1. The van der Waals surface area contributed by atoms with Crippen molar-refractivity contribution in [3.8, 4) is 11.8 Å². The van der Waals surface area contributed by atoms with Gasteiger partial charge in [0, 0.05) is 29.1 Å². The fourth-order valence-corrected chi connectivity index (χ4v) is 5.05. The first-order valence-electron chi connectivity index (χ1n) is 10.6. The maximum absolute atomic E-state index is 14.1. The van der Waals surface area contributed by atoms with Crippen LogP contribution in [-0.2, 0) is 4.79 Å². The molecule has 8 heteroatoms. The standard InChI is InChI=1S/C24H27ClFNO4S/c1-24(2,3)11-10-17-13-20(21(32-17)23(30)31)27(15-5-7-16(28)8-6-15)22(29)14-4-9-18(25)19(26)12-14/h4,9,12,15-17,28H,5-8,13H2,1-3H3,(H,30,31). The second-order valence-electron chi connectivity index (χ2n) is 9.18. The number of aliphatic hydroxyl groups excluding tert-OH is 1. The van der Waals surface area contributed by atoms with E-state index >= 15 is 0 Å². The summed E-state index contributed by atoms with van der Waals surface area (Å²) in [6, 6.07) is 3.55. The number of carbonyl (C=O) groups is 2. The van der Waals surface area contributed by atoms with E-state index in [1.807, 2.05) is 20.8 Å². The number of rotatable bonds is 4. The number of allylic oxidation sites excluding steroid dienone is 1. The number of nitrogens with zero attached hydrogens (tertiary/aromatic N) is 1. The molecule has 1 amide bonds. The van der Waals surface area contributed by atoms with Crippen LogP contribution < -0.4 is 0 Å². The lowest BCUT2D eigenvalue weighted by atomic mass is 9.90. The van der Waals surface area contributed by atoms with Crippen molar-refractivity contribution in [3.05, 3.63) is 45.2 Å². The molecule has 1 heterocycles. The number of thioether (sulfide) groups is 1. The van der Waals surface area contributed by atoms with Crippen LogP contribution in [0.4, 0.5) is 4.39 Å². The van der Waals surface area contributed by atoms with Gasteiger partial charge in [-0.25, -0.2) is 9.18 Å². The molecule has 1 atom stereocenters. The van der Waals surface area contributed by atoms with Gasteiger partial charge in [0.15, 0.2) is 0 Å². The Bertz CT molecular complexity index is 999. The zero-order valence-electron chi connectivity index (χ0n) is 18.3. The molecule has 172 valence electrons. The molecular formula is C24H27ClFNO4S. The minimum atomic E-state index is -1.11. The lowest BCUT2D eigenvalue weighted by molar-refractivity contribution is -0.131. The minimum absolute atomic E-state index is 0.0896. The summed E-state index contributed by atoms with van der Waals surface area (Å²) in [6.45, 7) is 5.93. The van der Waals surface area contributed by atoms with Gasteiger partial charge in [0.1, 0.15) is 10.7 Å². The SMILES string of the molecule is CC(C)(C)C#CC1CC(N(C(=O)c2ccc(Cl)c(F)c2)C2CCC(O)CC2)=C(C(=O)O)S1. The molecule has 2 aliphatic rings. The van der Waals surface area contributed by atoms with Crippen molar-refractivity contribution in [2.75, 3.05) is 0 Å². The number of carbonyl (C=O) groups excluding carboxylic acids is 1.